The van der Waals surface area contributed by atoms with E-state index in [1.54, 1.807) is 0 Å². The summed E-state index contributed by atoms with van der Waals surface area (Å²) in [5.74, 6) is 0. The molecule has 0 atom stereocenters. The summed E-state index contributed by atoms with van der Waals surface area (Å²) in [7, 11) is 0. The minimum absolute atomic E-state index is 0. The molecule has 0 radical (unpaired) electrons. The van der Waals surface area contributed by atoms with Gasteiger partial charge in [-0.15, -0.1) is 0 Å². The topological polar surface area (TPSA) is 230 Å². The Kier molecular flexibility index (Phi) is 48.9. The number of hydrogen-bond acceptors (Lipinski definition) is 4. The molecule has 0 fully saturated rings. The normalized spacial score (nSPS) is 6.12. The van der Waals surface area contributed by atoms with Crippen LogP contribution in [0.3, 0.4) is 0 Å². The van der Waals surface area contributed by atoms with E-state index < -0.39 is 74.5 Å². The maximum absolute atomic E-state index is 8.81. The molecule has 0 spiro atoms. The molecule has 0 amide bonds. The van der Waals surface area contributed by atoms with Crippen molar-refractivity contribution in [2.75, 3.05) is 0 Å². The molecule has 0 aliphatic carbocycles. The summed E-state index contributed by atoms with van der Waals surface area (Å²) in [4.78, 5) is 0. The van der Waals surface area contributed by atoms with Crippen LogP contribution in [-0.2, 0) is 87.8 Å². The number of rotatable bonds is 0. The van der Waals surface area contributed by atoms with Crippen molar-refractivity contribution in [1.29, 1.82) is 0 Å². The smallest absolute Gasteiger partial charge is 0.0149 e. The van der Waals surface area contributed by atoms with Crippen molar-refractivity contribution in [2.24, 2.45) is 0 Å². The predicted octanol–water partition coefficient (Wildman–Crippen LogP) is -6.39. The molecule has 17 heteroatoms. The first-order valence-electron chi connectivity index (χ1n) is 2.61. The quantitative estimate of drug-likeness (QED) is 0.170. The molecular formula is H12O12SiTi4. The first-order valence-corrected chi connectivity index (χ1v) is 10.7. The van der Waals surface area contributed by atoms with Gasteiger partial charge in [-0.3, -0.25) is 0 Å². The Bertz CT molecular complexity index is 159. The van der Waals surface area contributed by atoms with E-state index in [2.05, 4.69) is 0 Å². The number of hydrogen-bond donors (Lipinski definition) is 8. The van der Waals surface area contributed by atoms with Gasteiger partial charge in [-0.1, -0.05) is 0 Å². The van der Waals surface area contributed by atoms with E-state index in [1.807, 2.05) is 0 Å². The summed E-state index contributed by atoms with van der Waals surface area (Å²) in [6.45, 7) is 0. The van der Waals surface area contributed by atoms with Crippen LogP contribution >= 0.6 is 0 Å². The van der Waals surface area contributed by atoms with E-state index in [0.717, 1.165) is 0 Å². The fraction of sp³-hybridized carbons (Fsp3) is 0. The molecule has 0 aliphatic heterocycles. The zero-order valence-electron chi connectivity index (χ0n) is 7.21. The summed E-state index contributed by atoms with van der Waals surface area (Å²) >= 11 is -14.3. The van der Waals surface area contributed by atoms with E-state index in [-0.39, 0.29) is 11.0 Å². The zero-order chi connectivity index (χ0) is 14.3. The maximum atomic E-state index is 8.81. The van der Waals surface area contributed by atoms with Crippen LogP contribution in [0.4, 0.5) is 0 Å². The first-order chi connectivity index (χ1) is 6.93. The van der Waals surface area contributed by atoms with Gasteiger partial charge in [0, 0.05) is 0 Å². The van der Waals surface area contributed by atoms with Gasteiger partial charge in [0.1, 0.15) is 0 Å². The van der Waals surface area contributed by atoms with Crippen LogP contribution in [-0.4, -0.2) is 40.5 Å². The van der Waals surface area contributed by atoms with Crippen molar-refractivity contribution >= 4 is 11.0 Å². The molecule has 104 valence electrons. The molecule has 0 bridgehead atoms. The van der Waals surface area contributed by atoms with Crippen LogP contribution in [0.1, 0.15) is 0 Å². The van der Waals surface area contributed by atoms with Crippen molar-refractivity contribution in [1.82, 2.24) is 0 Å². The minimum atomic E-state index is -3.58. The van der Waals surface area contributed by atoms with Crippen LogP contribution in [0, 0.1) is 0 Å². The summed E-state index contributed by atoms with van der Waals surface area (Å²) in [5, 5.41) is 0. The Hall–Kier alpha value is 1.95. The van der Waals surface area contributed by atoms with Gasteiger partial charge < -0.3 is 0 Å². The molecular weight excluding hydrogens is 412 g/mol. The van der Waals surface area contributed by atoms with Crippen molar-refractivity contribution in [3.63, 3.8) is 0 Å². The van der Waals surface area contributed by atoms with Gasteiger partial charge in [0.15, 0.2) is 0 Å². The third-order valence-electron chi connectivity index (χ3n) is 0. The molecule has 12 nitrogen and oxygen atoms in total. The molecule has 0 saturated carbocycles. The van der Waals surface area contributed by atoms with E-state index in [9.17, 15) is 0 Å². The minimum Gasteiger partial charge on any atom is -0.0149 e. The van der Waals surface area contributed by atoms with E-state index in [4.69, 9.17) is 42.8 Å². The second-order valence-corrected chi connectivity index (χ2v) is 4.66. The van der Waals surface area contributed by atoms with Gasteiger partial charge in [0.2, 0.25) is 0 Å². The SMILES string of the molecule is [O]=[Ti]([OH])[OH].[O]=[Ti]([OH])[OH].[O]=[Ti]([OH])[OH].[O]=[Ti]([OH])[OH].[SiH4]. The van der Waals surface area contributed by atoms with Crippen LogP contribution in [0.2, 0.25) is 0 Å². The van der Waals surface area contributed by atoms with Crippen LogP contribution < -0.4 is 0 Å². The Morgan fingerprint density at radius 1 is 0.412 bits per heavy atom. The van der Waals surface area contributed by atoms with E-state index in [0.29, 0.717) is 0 Å². The molecule has 0 heterocycles. The van der Waals surface area contributed by atoms with Gasteiger partial charge in [0.25, 0.3) is 0 Å². The fourth-order valence-corrected chi connectivity index (χ4v) is 0. The standard InChI is InChI=1S/8H2O.4O.H4Si.4Ti/h8*1H2;;;;;1H4;;;;/q;;;;;;;;;;;;;4*+2/p-8. The average Bonchev–Trinajstić information content (AvgIpc) is 1.76. The van der Waals surface area contributed by atoms with Crippen LogP contribution in [0.5, 0.6) is 0 Å². The summed E-state index contributed by atoms with van der Waals surface area (Å²) in [6, 6.07) is 0. The van der Waals surface area contributed by atoms with Crippen molar-refractivity contribution in [2.45, 2.75) is 0 Å². The summed E-state index contributed by atoms with van der Waals surface area (Å²) in [5.41, 5.74) is 0. The molecule has 0 aromatic heterocycles. The predicted molar refractivity (Wildman–Crippen MR) is 31.8 cm³/mol. The molecule has 0 aromatic carbocycles. The van der Waals surface area contributed by atoms with Crippen LogP contribution in [0.25, 0.3) is 0 Å². The zero-order valence-corrected chi connectivity index (χ0v) is 13.5. The Morgan fingerprint density at radius 2 is 0.412 bits per heavy atom. The van der Waals surface area contributed by atoms with E-state index >= 15 is 0 Å². The molecule has 0 aliphatic rings. The molecule has 17 heavy (non-hydrogen) atoms. The Morgan fingerprint density at radius 3 is 0.412 bits per heavy atom. The monoisotopic (exact) mass is 424 g/mol. The molecule has 8 N–H and O–H groups in total. The maximum Gasteiger partial charge on any atom is -0.0149 e. The first kappa shape index (κ1) is 31.4. The second-order valence-electron chi connectivity index (χ2n) is 1.13. The average molecular weight is 424 g/mol. The van der Waals surface area contributed by atoms with Gasteiger partial charge in [-0.05, 0) is 11.0 Å². The van der Waals surface area contributed by atoms with Gasteiger partial charge in [-0.2, -0.15) is 0 Å². The third kappa shape index (κ3) is 1200. The van der Waals surface area contributed by atoms with Crippen molar-refractivity contribution in [3.05, 3.63) is 0 Å². The Labute approximate surface area is 127 Å². The summed E-state index contributed by atoms with van der Waals surface area (Å²) in [6.07, 6.45) is 0. The van der Waals surface area contributed by atoms with Gasteiger partial charge in [0.05, 0.1) is 0 Å². The fourth-order valence-electron chi connectivity index (χ4n) is 0. The van der Waals surface area contributed by atoms with Crippen molar-refractivity contribution in [3.8, 4) is 0 Å². The van der Waals surface area contributed by atoms with E-state index in [1.165, 1.54) is 0 Å². The molecule has 0 saturated heterocycles. The van der Waals surface area contributed by atoms with Crippen molar-refractivity contribution < 1.29 is 117 Å². The molecule has 0 unspecified atom stereocenters. The third-order valence-corrected chi connectivity index (χ3v) is 0. The van der Waals surface area contributed by atoms with Gasteiger partial charge >= 0.3 is 117 Å². The molecule has 0 aromatic rings. The molecule has 0 rings (SSSR count). The van der Waals surface area contributed by atoms with Crippen LogP contribution in [0.15, 0.2) is 0 Å². The summed E-state index contributed by atoms with van der Waals surface area (Å²) < 4.78 is 93.0. The largest absolute Gasteiger partial charge is 0.0149 e. The van der Waals surface area contributed by atoms with Gasteiger partial charge in [-0.25, -0.2) is 0 Å². The Balaban J connectivity index is -0.0000000369. The second kappa shape index (κ2) is 26.5.